The van der Waals surface area contributed by atoms with Crippen molar-refractivity contribution in [3.8, 4) is 6.07 Å². The number of anilines is 1. The third-order valence-electron chi connectivity index (χ3n) is 3.31. The Bertz CT molecular complexity index is 636. The maximum atomic E-state index is 9.25. The quantitative estimate of drug-likeness (QED) is 0.843. The fourth-order valence-electron chi connectivity index (χ4n) is 2.06. The molecule has 1 aromatic heterocycles. The maximum absolute atomic E-state index is 9.25. The summed E-state index contributed by atoms with van der Waals surface area (Å²) in [6.45, 7) is 3.20. The Morgan fingerprint density at radius 3 is 2.90 bits per heavy atom. The number of rotatable bonds is 7. The lowest BCUT2D eigenvalue weighted by atomic mass is 10.1. The molecule has 2 rings (SSSR count). The fraction of sp³-hybridized carbons (Fsp3) is 0.375. The molecule has 0 spiro atoms. The van der Waals surface area contributed by atoms with Gasteiger partial charge in [-0.15, -0.1) is 0 Å². The first-order valence-corrected chi connectivity index (χ1v) is 6.96. The molecule has 1 N–H and O–H groups in total. The van der Waals surface area contributed by atoms with E-state index in [1.165, 1.54) is 0 Å². The SMILES string of the molecule is COCCN(C)CCNc1nc2ccccc2cc1C#N. The molecule has 0 aliphatic carbocycles. The summed E-state index contributed by atoms with van der Waals surface area (Å²) in [5.41, 5.74) is 1.47. The second-order valence-corrected chi connectivity index (χ2v) is 4.91. The molecule has 5 nitrogen and oxygen atoms in total. The molecule has 0 atom stereocenters. The molecule has 110 valence electrons. The standard InChI is InChI=1S/C16H20N4O/c1-20(9-10-21-2)8-7-18-16-14(12-17)11-13-5-3-4-6-15(13)19-16/h3-6,11H,7-10H2,1-2H3,(H,18,19). The van der Waals surface area contributed by atoms with Crippen molar-refractivity contribution in [2.24, 2.45) is 0 Å². The Morgan fingerprint density at radius 2 is 2.14 bits per heavy atom. The highest BCUT2D eigenvalue weighted by Gasteiger charge is 2.06. The number of methoxy groups -OCH3 is 1. The summed E-state index contributed by atoms with van der Waals surface area (Å²) in [6.07, 6.45) is 0. The van der Waals surface area contributed by atoms with E-state index in [1.54, 1.807) is 7.11 Å². The molecule has 0 fully saturated rings. The molecule has 21 heavy (non-hydrogen) atoms. The van der Waals surface area contributed by atoms with E-state index in [0.29, 0.717) is 18.0 Å². The third kappa shape index (κ3) is 4.15. The number of hydrogen-bond donors (Lipinski definition) is 1. The van der Waals surface area contributed by atoms with Crippen molar-refractivity contribution in [1.82, 2.24) is 9.88 Å². The van der Waals surface area contributed by atoms with Gasteiger partial charge in [0.05, 0.1) is 17.7 Å². The molecule has 0 amide bonds. The van der Waals surface area contributed by atoms with Crippen LogP contribution in [0.5, 0.6) is 0 Å². The van der Waals surface area contributed by atoms with Gasteiger partial charge in [-0.2, -0.15) is 5.26 Å². The average molecular weight is 284 g/mol. The summed E-state index contributed by atoms with van der Waals surface area (Å²) < 4.78 is 5.04. The minimum Gasteiger partial charge on any atom is -0.383 e. The molecule has 0 bridgehead atoms. The Kier molecular flexibility index (Phi) is 5.50. The van der Waals surface area contributed by atoms with Crippen molar-refractivity contribution in [2.75, 3.05) is 45.7 Å². The largest absolute Gasteiger partial charge is 0.383 e. The lowest BCUT2D eigenvalue weighted by molar-refractivity contribution is 0.163. The molecular formula is C16H20N4O. The zero-order chi connectivity index (χ0) is 15.1. The zero-order valence-corrected chi connectivity index (χ0v) is 12.5. The van der Waals surface area contributed by atoms with Gasteiger partial charge >= 0.3 is 0 Å². The molecule has 5 heteroatoms. The number of nitriles is 1. The molecule has 2 aromatic rings. The second-order valence-electron chi connectivity index (χ2n) is 4.91. The van der Waals surface area contributed by atoms with Crippen molar-refractivity contribution < 1.29 is 4.74 Å². The van der Waals surface area contributed by atoms with Crippen molar-refractivity contribution >= 4 is 16.7 Å². The van der Waals surface area contributed by atoms with Crippen LogP contribution in [0.3, 0.4) is 0 Å². The first-order chi connectivity index (χ1) is 10.2. The number of nitrogens with zero attached hydrogens (tertiary/aromatic N) is 3. The van der Waals surface area contributed by atoms with Gasteiger partial charge in [-0.25, -0.2) is 4.98 Å². The van der Waals surface area contributed by atoms with Crippen molar-refractivity contribution in [3.05, 3.63) is 35.9 Å². The highest BCUT2D eigenvalue weighted by molar-refractivity contribution is 5.82. The number of benzene rings is 1. The van der Waals surface area contributed by atoms with Crippen LogP contribution in [0.4, 0.5) is 5.82 Å². The zero-order valence-electron chi connectivity index (χ0n) is 12.5. The van der Waals surface area contributed by atoms with Gasteiger partial charge in [0.2, 0.25) is 0 Å². The van der Waals surface area contributed by atoms with Crippen LogP contribution >= 0.6 is 0 Å². The monoisotopic (exact) mass is 284 g/mol. The number of likely N-dealkylation sites (N-methyl/N-ethyl adjacent to an activating group) is 1. The van der Waals surface area contributed by atoms with Gasteiger partial charge in [0.15, 0.2) is 0 Å². The average Bonchev–Trinajstić information content (AvgIpc) is 2.52. The summed E-state index contributed by atoms with van der Waals surface area (Å²) in [5, 5.41) is 13.5. The fourth-order valence-corrected chi connectivity index (χ4v) is 2.06. The van der Waals surface area contributed by atoms with Crippen LogP contribution in [0.15, 0.2) is 30.3 Å². The number of ether oxygens (including phenoxy) is 1. The first-order valence-electron chi connectivity index (χ1n) is 6.96. The van der Waals surface area contributed by atoms with Crippen LogP contribution < -0.4 is 5.32 Å². The summed E-state index contributed by atoms with van der Waals surface area (Å²) in [4.78, 5) is 6.70. The molecule has 1 heterocycles. The molecular weight excluding hydrogens is 264 g/mol. The molecule has 0 aliphatic heterocycles. The Morgan fingerprint density at radius 1 is 1.33 bits per heavy atom. The number of para-hydroxylation sites is 1. The van der Waals surface area contributed by atoms with Crippen LogP contribution in [0, 0.1) is 11.3 Å². The van der Waals surface area contributed by atoms with Crippen molar-refractivity contribution in [1.29, 1.82) is 5.26 Å². The van der Waals surface area contributed by atoms with Crippen molar-refractivity contribution in [3.63, 3.8) is 0 Å². The molecule has 0 saturated carbocycles. The number of nitrogens with one attached hydrogen (secondary N) is 1. The van der Waals surface area contributed by atoms with Crippen LogP contribution in [-0.2, 0) is 4.74 Å². The summed E-state index contributed by atoms with van der Waals surface area (Å²) >= 11 is 0. The predicted molar refractivity (Wildman–Crippen MR) is 84.3 cm³/mol. The summed E-state index contributed by atoms with van der Waals surface area (Å²) in [7, 11) is 3.74. The van der Waals surface area contributed by atoms with Gasteiger partial charge in [-0.3, -0.25) is 0 Å². The number of aromatic nitrogens is 1. The lowest BCUT2D eigenvalue weighted by Crippen LogP contribution is -2.28. The summed E-state index contributed by atoms with van der Waals surface area (Å²) in [5.74, 6) is 0.649. The number of hydrogen-bond acceptors (Lipinski definition) is 5. The highest BCUT2D eigenvalue weighted by atomic mass is 16.5. The van der Waals surface area contributed by atoms with Crippen LogP contribution in [0.25, 0.3) is 10.9 Å². The molecule has 0 radical (unpaired) electrons. The van der Waals surface area contributed by atoms with Crippen LogP contribution in [0.2, 0.25) is 0 Å². The van der Waals surface area contributed by atoms with Gasteiger partial charge in [0.1, 0.15) is 11.9 Å². The second kappa shape index (κ2) is 7.58. The Labute approximate surface area is 125 Å². The van der Waals surface area contributed by atoms with Gasteiger partial charge in [0, 0.05) is 32.1 Å². The molecule has 0 unspecified atom stereocenters. The van der Waals surface area contributed by atoms with Crippen LogP contribution in [-0.4, -0.2) is 50.3 Å². The van der Waals surface area contributed by atoms with E-state index < -0.39 is 0 Å². The van der Waals surface area contributed by atoms with E-state index in [0.717, 1.165) is 30.5 Å². The topological polar surface area (TPSA) is 61.2 Å². The minimum atomic E-state index is 0.577. The predicted octanol–water partition coefficient (Wildman–Crippen LogP) is 2.10. The molecule has 0 aliphatic rings. The smallest absolute Gasteiger partial charge is 0.144 e. The van der Waals surface area contributed by atoms with E-state index in [1.807, 2.05) is 37.4 Å². The van der Waals surface area contributed by atoms with E-state index >= 15 is 0 Å². The minimum absolute atomic E-state index is 0.577. The van der Waals surface area contributed by atoms with Gasteiger partial charge in [-0.05, 0) is 19.2 Å². The Hall–Kier alpha value is -2.16. The maximum Gasteiger partial charge on any atom is 0.144 e. The van der Waals surface area contributed by atoms with E-state index in [-0.39, 0.29) is 0 Å². The normalized spacial score (nSPS) is 10.8. The Balaban J connectivity index is 2.02. The lowest BCUT2D eigenvalue weighted by Gasteiger charge is -2.16. The number of pyridine rings is 1. The third-order valence-corrected chi connectivity index (χ3v) is 3.31. The van der Waals surface area contributed by atoms with E-state index in [9.17, 15) is 5.26 Å². The number of fused-ring (bicyclic) bond motifs is 1. The van der Waals surface area contributed by atoms with Gasteiger partial charge in [-0.1, -0.05) is 18.2 Å². The van der Waals surface area contributed by atoms with Gasteiger partial charge in [0.25, 0.3) is 0 Å². The van der Waals surface area contributed by atoms with Crippen molar-refractivity contribution in [2.45, 2.75) is 0 Å². The molecule has 0 saturated heterocycles. The first kappa shape index (κ1) is 15.2. The highest BCUT2D eigenvalue weighted by Crippen LogP contribution is 2.19. The van der Waals surface area contributed by atoms with Crippen LogP contribution in [0.1, 0.15) is 5.56 Å². The summed E-state index contributed by atoms with van der Waals surface area (Å²) in [6, 6.07) is 11.9. The van der Waals surface area contributed by atoms with E-state index in [4.69, 9.17) is 4.74 Å². The van der Waals surface area contributed by atoms with Gasteiger partial charge < -0.3 is 15.0 Å². The van der Waals surface area contributed by atoms with E-state index in [2.05, 4.69) is 21.3 Å². The molecule has 1 aromatic carbocycles.